The maximum atomic E-state index is 10.8. The summed E-state index contributed by atoms with van der Waals surface area (Å²) in [6, 6.07) is 19.3. The molecule has 0 saturated carbocycles. The molecule has 0 bridgehead atoms. The predicted octanol–water partition coefficient (Wildman–Crippen LogP) is 5.99. The van der Waals surface area contributed by atoms with Crippen LogP contribution in [0.15, 0.2) is 77.8 Å². The second-order valence-electron chi connectivity index (χ2n) is 6.18. The zero-order valence-corrected chi connectivity index (χ0v) is 15.9. The highest BCUT2D eigenvalue weighted by Crippen LogP contribution is 2.37. The second-order valence-corrected chi connectivity index (χ2v) is 7.21. The zero-order chi connectivity index (χ0) is 20.2. The monoisotopic (exact) mass is 401 g/mol. The van der Waals surface area contributed by atoms with Gasteiger partial charge < -0.3 is 5.11 Å². The molecule has 0 atom stereocenters. The summed E-state index contributed by atoms with van der Waals surface area (Å²) in [5.74, 6) is 0.148. The summed E-state index contributed by atoms with van der Waals surface area (Å²) in [7, 11) is 0. The van der Waals surface area contributed by atoms with Gasteiger partial charge in [-0.3, -0.25) is 15.1 Å². The van der Waals surface area contributed by atoms with Gasteiger partial charge in [0.2, 0.25) is 0 Å². The molecule has 4 aromatic rings. The van der Waals surface area contributed by atoms with Gasteiger partial charge in [0, 0.05) is 18.3 Å². The number of phenols is 1. The van der Waals surface area contributed by atoms with E-state index in [1.165, 1.54) is 23.5 Å². The van der Waals surface area contributed by atoms with Gasteiger partial charge >= 0.3 is 0 Å². The molecule has 0 aliphatic rings. The lowest BCUT2D eigenvalue weighted by molar-refractivity contribution is -0.384. The van der Waals surface area contributed by atoms with E-state index in [1.54, 1.807) is 48.7 Å². The molecule has 0 saturated heterocycles. The first-order valence-corrected chi connectivity index (χ1v) is 9.56. The Kier molecular flexibility index (Phi) is 5.13. The van der Waals surface area contributed by atoms with Crippen molar-refractivity contribution in [2.24, 2.45) is 4.99 Å². The largest absolute Gasteiger partial charge is 0.507 e. The first kappa shape index (κ1) is 18.5. The van der Waals surface area contributed by atoms with Crippen LogP contribution in [0.1, 0.15) is 5.56 Å². The van der Waals surface area contributed by atoms with Crippen LogP contribution in [0.2, 0.25) is 0 Å². The molecule has 1 N–H and O–H groups in total. The van der Waals surface area contributed by atoms with E-state index in [1.807, 2.05) is 24.3 Å². The second kappa shape index (κ2) is 8.04. The van der Waals surface area contributed by atoms with Gasteiger partial charge in [-0.15, -0.1) is 11.3 Å². The van der Waals surface area contributed by atoms with Crippen LogP contribution in [0.4, 0.5) is 11.4 Å². The SMILES string of the molecule is O=[N+]([O-])c1cccc(/C=C/C=Nc2ccc(O)c(-c3nc4ccccc4s3)c2)c1. The van der Waals surface area contributed by atoms with Gasteiger partial charge in [0.15, 0.2) is 0 Å². The molecule has 3 aromatic carbocycles. The maximum Gasteiger partial charge on any atom is 0.270 e. The van der Waals surface area contributed by atoms with Crippen molar-refractivity contribution in [1.82, 2.24) is 4.98 Å². The number of nitrogens with zero attached hydrogens (tertiary/aromatic N) is 3. The summed E-state index contributed by atoms with van der Waals surface area (Å²) in [5.41, 5.74) is 2.94. The van der Waals surface area contributed by atoms with Gasteiger partial charge in [0.05, 0.1) is 26.4 Å². The van der Waals surface area contributed by atoms with E-state index in [2.05, 4.69) is 9.98 Å². The fraction of sp³-hybridized carbons (Fsp3) is 0. The Morgan fingerprint density at radius 2 is 1.93 bits per heavy atom. The summed E-state index contributed by atoms with van der Waals surface area (Å²) in [6.45, 7) is 0. The van der Waals surface area contributed by atoms with Crippen LogP contribution in [-0.2, 0) is 0 Å². The van der Waals surface area contributed by atoms with Crippen molar-refractivity contribution in [2.75, 3.05) is 0 Å². The van der Waals surface area contributed by atoms with Gasteiger partial charge in [0.25, 0.3) is 5.69 Å². The Hall–Kier alpha value is -3.84. The smallest absolute Gasteiger partial charge is 0.270 e. The Labute approximate surface area is 170 Å². The quantitative estimate of drug-likeness (QED) is 0.253. The number of nitro benzene ring substituents is 1. The zero-order valence-electron chi connectivity index (χ0n) is 15.1. The van der Waals surface area contributed by atoms with Gasteiger partial charge in [0.1, 0.15) is 10.8 Å². The highest BCUT2D eigenvalue weighted by molar-refractivity contribution is 7.21. The number of rotatable bonds is 5. The molecule has 1 aromatic heterocycles. The highest BCUT2D eigenvalue weighted by atomic mass is 32.1. The molecule has 4 rings (SSSR count). The number of para-hydroxylation sites is 1. The van der Waals surface area contributed by atoms with Crippen molar-refractivity contribution in [3.8, 4) is 16.3 Å². The molecule has 0 fully saturated rings. The van der Waals surface area contributed by atoms with Crippen molar-refractivity contribution in [3.05, 3.63) is 88.5 Å². The number of thiazole rings is 1. The van der Waals surface area contributed by atoms with E-state index >= 15 is 0 Å². The third-order valence-electron chi connectivity index (χ3n) is 4.18. The number of phenolic OH excluding ortho intramolecular Hbond substituents is 1. The Morgan fingerprint density at radius 1 is 1.07 bits per heavy atom. The number of nitro groups is 1. The minimum Gasteiger partial charge on any atom is -0.507 e. The van der Waals surface area contributed by atoms with E-state index in [-0.39, 0.29) is 11.4 Å². The van der Waals surface area contributed by atoms with Crippen LogP contribution in [0, 0.1) is 10.1 Å². The Bertz CT molecular complexity index is 1230. The lowest BCUT2D eigenvalue weighted by Crippen LogP contribution is -1.87. The summed E-state index contributed by atoms with van der Waals surface area (Å²) < 4.78 is 1.05. The number of non-ortho nitro benzene ring substituents is 1. The molecule has 0 aliphatic heterocycles. The minimum atomic E-state index is -0.425. The van der Waals surface area contributed by atoms with Crippen molar-refractivity contribution >= 4 is 45.2 Å². The number of aromatic hydroxyl groups is 1. The summed E-state index contributed by atoms with van der Waals surface area (Å²) in [6.07, 6.45) is 5.06. The fourth-order valence-electron chi connectivity index (χ4n) is 2.79. The molecule has 0 spiro atoms. The molecule has 29 heavy (non-hydrogen) atoms. The van der Waals surface area contributed by atoms with Crippen LogP contribution in [0.25, 0.3) is 26.9 Å². The van der Waals surface area contributed by atoms with Gasteiger partial charge in [-0.25, -0.2) is 4.98 Å². The third-order valence-corrected chi connectivity index (χ3v) is 5.25. The van der Waals surface area contributed by atoms with Crippen LogP contribution in [-0.4, -0.2) is 21.2 Å². The molecule has 0 aliphatic carbocycles. The van der Waals surface area contributed by atoms with Crippen LogP contribution in [0.3, 0.4) is 0 Å². The first-order valence-electron chi connectivity index (χ1n) is 8.74. The average Bonchev–Trinajstić information content (AvgIpc) is 3.16. The fourth-order valence-corrected chi connectivity index (χ4v) is 3.78. The summed E-state index contributed by atoms with van der Waals surface area (Å²) in [4.78, 5) is 19.4. The van der Waals surface area contributed by atoms with Crippen molar-refractivity contribution in [3.63, 3.8) is 0 Å². The molecule has 6 nitrogen and oxygen atoms in total. The van der Waals surface area contributed by atoms with Gasteiger partial charge in [-0.05, 0) is 42.0 Å². The number of allylic oxidation sites excluding steroid dienone is 1. The number of fused-ring (bicyclic) bond motifs is 1. The number of hydrogen-bond acceptors (Lipinski definition) is 6. The molecule has 142 valence electrons. The van der Waals surface area contributed by atoms with Crippen molar-refractivity contribution in [2.45, 2.75) is 0 Å². The van der Waals surface area contributed by atoms with E-state index in [4.69, 9.17) is 0 Å². The van der Waals surface area contributed by atoms with Crippen LogP contribution >= 0.6 is 11.3 Å². The molecular weight excluding hydrogens is 386 g/mol. The third kappa shape index (κ3) is 4.20. The molecule has 1 heterocycles. The standard InChI is InChI=1S/C22H15N3O3S/c26-20-11-10-16(14-18(20)22-24-19-8-1-2-9-21(19)29-22)23-12-4-6-15-5-3-7-17(13-15)25(27)28/h1-14,26H/b6-4+,23-12?. The predicted molar refractivity (Wildman–Crippen MR) is 117 cm³/mol. The summed E-state index contributed by atoms with van der Waals surface area (Å²) >= 11 is 1.51. The van der Waals surface area contributed by atoms with Crippen molar-refractivity contribution in [1.29, 1.82) is 0 Å². The normalized spacial score (nSPS) is 11.6. The highest BCUT2D eigenvalue weighted by Gasteiger charge is 2.11. The van der Waals surface area contributed by atoms with Gasteiger partial charge in [-0.1, -0.05) is 30.3 Å². The molecule has 7 heteroatoms. The number of hydrogen-bond donors (Lipinski definition) is 1. The van der Waals surface area contributed by atoms with E-state index in [0.29, 0.717) is 16.8 Å². The summed E-state index contributed by atoms with van der Waals surface area (Å²) in [5, 5.41) is 21.8. The molecular formula is C22H15N3O3S. The van der Waals surface area contributed by atoms with Crippen LogP contribution < -0.4 is 0 Å². The Morgan fingerprint density at radius 3 is 2.76 bits per heavy atom. The van der Waals surface area contributed by atoms with E-state index in [0.717, 1.165) is 15.2 Å². The first-order chi connectivity index (χ1) is 14.1. The molecule has 0 radical (unpaired) electrons. The van der Waals surface area contributed by atoms with E-state index < -0.39 is 4.92 Å². The topological polar surface area (TPSA) is 88.6 Å². The van der Waals surface area contributed by atoms with Crippen molar-refractivity contribution < 1.29 is 10.0 Å². The number of aliphatic imine (C=N–C) groups is 1. The van der Waals surface area contributed by atoms with E-state index in [9.17, 15) is 15.2 Å². The average molecular weight is 401 g/mol. The molecule has 0 unspecified atom stereocenters. The van der Waals surface area contributed by atoms with Crippen LogP contribution in [0.5, 0.6) is 5.75 Å². The Balaban J connectivity index is 1.56. The minimum absolute atomic E-state index is 0.0445. The number of benzene rings is 3. The number of aromatic nitrogens is 1. The van der Waals surface area contributed by atoms with Gasteiger partial charge in [-0.2, -0.15) is 0 Å². The lowest BCUT2D eigenvalue weighted by Gasteiger charge is -2.02. The lowest BCUT2D eigenvalue weighted by atomic mass is 10.2. The molecule has 0 amide bonds. The maximum absolute atomic E-state index is 10.8.